The molecule has 1 amide bonds. The van der Waals surface area contributed by atoms with Crippen LogP contribution in [0, 0.1) is 0 Å². The van der Waals surface area contributed by atoms with E-state index in [1.54, 1.807) is 18.4 Å². The van der Waals surface area contributed by atoms with Crippen LogP contribution in [0.1, 0.15) is 25.0 Å². The molecule has 0 bridgehead atoms. The van der Waals surface area contributed by atoms with Gasteiger partial charge in [0.1, 0.15) is 5.76 Å². The van der Waals surface area contributed by atoms with E-state index in [-0.39, 0.29) is 11.4 Å². The lowest BCUT2D eigenvalue weighted by Gasteiger charge is -2.51. The third-order valence-corrected chi connectivity index (χ3v) is 4.50. The predicted molar refractivity (Wildman–Crippen MR) is 79.7 cm³/mol. The zero-order valence-corrected chi connectivity index (χ0v) is 12.2. The number of carbonyl (C=O) groups excluding carboxylic acids is 1. The van der Waals surface area contributed by atoms with Gasteiger partial charge in [0.2, 0.25) is 5.91 Å². The van der Waals surface area contributed by atoms with Gasteiger partial charge < -0.3 is 14.5 Å². The van der Waals surface area contributed by atoms with Crippen molar-refractivity contribution in [3.8, 4) is 0 Å². The zero-order valence-electron chi connectivity index (χ0n) is 12.2. The maximum atomic E-state index is 11.9. The SMILES string of the molecule is O=C(/C=C/c1ccco1)NCC1(N2CCOCC2)CCC1. The average Bonchev–Trinajstić information content (AvgIpc) is 2.98. The first-order valence-corrected chi connectivity index (χ1v) is 7.61. The van der Waals surface area contributed by atoms with Crippen LogP contribution in [0.3, 0.4) is 0 Å². The Morgan fingerprint density at radius 3 is 2.81 bits per heavy atom. The molecule has 2 aliphatic rings. The zero-order chi connectivity index (χ0) is 14.5. The van der Waals surface area contributed by atoms with E-state index >= 15 is 0 Å². The highest BCUT2D eigenvalue weighted by Crippen LogP contribution is 2.37. The van der Waals surface area contributed by atoms with Crippen molar-refractivity contribution in [3.05, 3.63) is 30.2 Å². The number of amides is 1. The van der Waals surface area contributed by atoms with Gasteiger partial charge in [0, 0.05) is 31.2 Å². The van der Waals surface area contributed by atoms with Crippen LogP contribution >= 0.6 is 0 Å². The van der Waals surface area contributed by atoms with Gasteiger partial charge in [-0.15, -0.1) is 0 Å². The lowest BCUT2D eigenvalue weighted by molar-refractivity contribution is -0.118. The number of hydrogen-bond donors (Lipinski definition) is 1. The van der Waals surface area contributed by atoms with Crippen molar-refractivity contribution >= 4 is 12.0 Å². The van der Waals surface area contributed by atoms with Gasteiger partial charge in [0.05, 0.1) is 19.5 Å². The van der Waals surface area contributed by atoms with Crippen molar-refractivity contribution in [1.82, 2.24) is 10.2 Å². The first-order chi connectivity index (χ1) is 10.3. The van der Waals surface area contributed by atoms with E-state index in [1.807, 2.05) is 6.07 Å². The largest absolute Gasteiger partial charge is 0.465 e. The van der Waals surface area contributed by atoms with Crippen LogP contribution in [0.25, 0.3) is 6.08 Å². The molecule has 0 atom stereocenters. The minimum absolute atomic E-state index is 0.0639. The molecule has 3 rings (SSSR count). The van der Waals surface area contributed by atoms with E-state index in [4.69, 9.17) is 9.15 Å². The Balaban J connectivity index is 1.51. The first kappa shape index (κ1) is 14.4. The molecule has 1 N–H and O–H groups in total. The van der Waals surface area contributed by atoms with Crippen molar-refractivity contribution in [2.45, 2.75) is 24.8 Å². The predicted octanol–water partition coefficient (Wildman–Crippen LogP) is 1.66. The van der Waals surface area contributed by atoms with Gasteiger partial charge in [-0.05, 0) is 37.5 Å². The lowest BCUT2D eigenvalue weighted by Crippen LogP contribution is -2.62. The summed E-state index contributed by atoms with van der Waals surface area (Å²) in [7, 11) is 0. The molecule has 1 aliphatic carbocycles. The third kappa shape index (κ3) is 3.36. The first-order valence-electron chi connectivity index (χ1n) is 7.61. The summed E-state index contributed by atoms with van der Waals surface area (Å²) in [5, 5.41) is 3.04. The van der Waals surface area contributed by atoms with E-state index in [9.17, 15) is 4.79 Å². The quantitative estimate of drug-likeness (QED) is 0.838. The van der Waals surface area contributed by atoms with Gasteiger partial charge in [-0.2, -0.15) is 0 Å². The van der Waals surface area contributed by atoms with E-state index < -0.39 is 0 Å². The number of furan rings is 1. The van der Waals surface area contributed by atoms with Crippen LogP contribution < -0.4 is 5.32 Å². The minimum atomic E-state index is -0.0639. The maximum Gasteiger partial charge on any atom is 0.244 e. The van der Waals surface area contributed by atoms with Gasteiger partial charge in [0.15, 0.2) is 0 Å². The topological polar surface area (TPSA) is 54.7 Å². The number of rotatable bonds is 5. The molecule has 1 aliphatic heterocycles. The Morgan fingerprint density at radius 1 is 1.38 bits per heavy atom. The second-order valence-electron chi connectivity index (χ2n) is 5.74. The Hall–Kier alpha value is -1.59. The summed E-state index contributed by atoms with van der Waals surface area (Å²) in [5.41, 5.74) is 0.151. The Bertz CT molecular complexity index is 486. The summed E-state index contributed by atoms with van der Waals surface area (Å²) in [4.78, 5) is 14.4. The van der Waals surface area contributed by atoms with Gasteiger partial charge in [0.25, 0.3) is 0 Å². The van der Waals surface area contributed by atoms with Crippen molar-refractivity contribution in [2.24, 2.45) is 0 Å². The van der Waals surface area contributed by atoms with Crippen LogP contribution in [0.15, 0.2) is 28.9 Å². The van der Waals surface area contributed by atoms with E-state index in [0.29, 0.717) is 12.3 Å². The van der Waals surface area contributed by atoms with E-state index in [0.717, 1.165) is 39.1 Å². The van der Waals surface area contributed by atoms with E-state index in [1.165, 1.54) is 12.5 Å². The highest BCUT2D eigenvalue weighted by Gasteiger charge is 2.42. The molecule has 0 aromatic carbocycles. The highest BCUT2D eigenvalue weighted by molar-refractivity contribution is 5.91. The number of carbonyl (C=O) groups is 1. The molecule has 0 radical (unpaired) electrons. The number of nitrogens with zero attached hydrogens (tertiary/aromatic N) is 1. The second kappa shape index (κ2) is 6.45. The molecule has 1 aromatic heterocycles. The summed E-state index contributed by atoms with van der Waals surface area (Å²) < 4.78 is 10.6. The molecule has 114 valence electrons. The standard InChI is InChI=1S/C16H22N2O3/c19-15(5-4-14-3-1-10-21-14)17-13-16(6-2-7-16)18-8-11-20-12-9-18/h1,3-5,10H,2,6-9,11-13H2,(H,17,19)/b5-4+. The van der Waals surface area contributed by atoms with Crippen molar-refractivity contribution < 1.29 is 13.9 Å². The summed E-state index contributed by atoms with van der Waals surface area (Å²) in [6.45, 7) is 4.26. The van der Waals surface area contributed by atoms with Crippen molar-refractivity contribution in [2.75, 3.05) is 32.8 Å². The molecule has 2 heterocycles. The monoisotopic (exact) mass is 290 g/mol. The van der Waals surface area contributed by atoms with Crippen LogP contribution in [0.2, 0.25) is 0 Å². The summed E-state index contributed by atoms with van der Waals surface area (Å²) >= 11 is 0. The molecular weight excluding hydrogens is 268 g/mol. The van der Waals surface area contributed by atoms with Crippen molar-refractivity contribution in [3.63, 3.8) is 0 Å². The second-order valence-corrected chi connectivity index (χ2v) is 5.74. The third-order valence-electron chi connectivity index (χ3n) is 4.50. The molecule has 1 saturated carbocycles. The number of morpholine rings is 1. The van der Waals surface area contributed by atoms with Gasteiger partial charge in [-0.3, -0.25) is 9.69 Å². The van der Waals surface area contributed by atoms with Gasteiger partial charge >= 0.3 is 0 Å². The molecule has 5 heteroatoms. The molecule has 0 unspecified atom stereocenters. The van der Waals surface area contributed by atoms with Crippen LogP contribution in [0.5, 0.6) is 0 Å². The molecular formula is C16H22N2O3. The average molecular weight is 290 g/mol. The molecule has 5 nitrogen and oxygen atoms in total. The molecule has 1 aromatic rings. The van der Waals surface area contributed by atoms with E-state index in [2.05, 4.69) is 10.2 Å². The molecule has 21 heavy (non-hydrogen) atoms. The smallest absolute Gasteiger partial charge is 0.244 e. The fourth-order valence-corrected chi connectivity index (χ4v) is 3.08. The minimum Gasteiger partial charge on any atom is -0.465 e. The Kier molecular flexibility index (Phi) is 4.41. The Morgan fingerprint density at radius 2 is 2.19 bits per heavy atom. The van der Waals surface area contributed by atoms with Crippen LogP contribution in [-0.2, 0) is 9.53 Å². The summed E-state index contributed by atoms with van der Waals surface area (Å²) in [6, 6.07) is 3.63. The number of ether oxygens (including phenoxy) is 1. The highest BCUT2D eigenvalue weighted by atomic mass is 16.5. The van der Waals surface area contributed by atoms with Gasteiger partial charge in [-0.1, -0.05) is 0 Å². The summed E-state index contributed by atoms with van der Waals surface area (Å²) in [5.74, 6) is 0.627. The summed E-state index contributed by atoms with van der Waals surface area (Å²) in [6.07, 6.45) is 8.39. The van der Waals surface area contributed by atoms with Crippen molar-refractivity contribution in [1.29, 1.82) is 0 Å². The number of nitrogens with one attached hydrogen (secondary N) is 1. The van der Waals surface area contributed by atoms with Gasteiger partial charge in [-0.25, -0.2) is 0 Å². The number of hydrogen-bond acceptors (Lipinski definition) is 4. The molecule has 1 saturated heterocycles. The molecule has 2 fully saturated rings. The van der Waals surface area contributed by atoms with Crippen LogP contribution in [-0.4, -0.2) is 49.2 Å². The Labute approximate surface area is 124 Å². The fourth-order valence-electron chi connectivity index (χ4n) is 3.08. The molecule has 0 spiro atoms. The lowest BCUT2D eigenvalue weighted by atomic mass is 9.75. The fraction of sp³-hybridized carbons (Fsp3) is 0.562. The maximum absolute atomic E-state index is 11.9. The normalized spacial score (nSPS) is 22.1. The van der Waals surface area contributed by atoms with Crippen LogP contribution in [0.4, 0.5) is 0 Å².